The van der Waals surface area contributed by atoms with E-state index in [4.69, 9.17) is 0 Å². The number of benzene rings is 8. The Hall–Kier alpha value is -6.38. The molecule has 0 amide bonds. The zero-order valence-electron chi connectivity index (χ0n) is 32.8. The summed E-state index contributed by atoms with van der Waals surface area (Å²) < 4.78 is 2.50. The monoisotopic (exact) mass is 734 g/mol. The van der Waals surface area contributed by atoms with Gasteiger partial charge in [-0.25, -0.2) is 0 Å². The third kappa shape index (κ3) is 5.53. The van der Waals surface area contributed by atoms with Gasteiger partial charge in [-0.3, -0.25) is 0 Å². The summed E-state index contributed by atoms with van der Waals surface area (Å²) in [5, 5.41) is 5.12. The van der Waals surface area contributed by atoms with Crippen LogP contribution >= 0.6 is 0 Å². The van der Waals surface area contributed by atoms with Gasteiger partial charge < -0.3 is 9.47 Å². The van der Waals surface area contributed by atoms with E-state index >= 15 is 0 Å². The first-order valence-electron chi connectivity index (χ1n) is 20.8. The minimum atomic E-state index is -0.106. The zero-order chi connectivity index (χ0) is 38.1. The third-order valence-corrected chi connectivity index (χ3v) is 13.2. The van der Waals surface area contributed by atoms with Crippen molar-refractivity contribution in [2.45, 2.75) is 57.3 Å². The molecular weight excluding hydrogens is 689 g/mol. The van der Waals surface area contributed by atoms with E-state index in [0.717, 1.165) is 17.1 Å². The Labute approximate surface area is 335 Å². The second-order valence-electron chi connectivity index (χ2n) is 16.8. The summed E-state index contributed by atoms with van der Waals surface area (Å²) in [5.74, 6) is 0.642. The van der Waals surface area contributed by atoms with Gasteiger partial charge in [0, 0.05) is 38.9 Å². The Morgan fingerprint density at radius 3 is 1.95 bits per heavy atom. The quantitative estimate of drug-likeness (QED) is 0.165. The second kappa shape index (κ2) is 13.4. The number of rotatable bonds is 6. The van der Waals surface area contributed by atoms with Crippen molar-refractivity contribution >= 4 is 49.6 Å². The summed E-state index contributed by atoms with van der Waals surface area (Å²) in [6.07, 6.45) is 6.61. The second-order valence-corrected chi connectivity index (χ2v) is 16.8. The van der Waals surface area contributed by atoms with E-state index in [1.165, 1.54) is 109 Å². The Bertz CT molecular complexity index is 2960. The molecule has 2 aliphatic carbocycles. The minimum absolute atomic E-state index is 0.106. The summed E-state index contributed by atoms with van der Waals surface area (Å²) >= 11 is 0. The van der Waals surface area contributed by atoms with E-state index in [-0.39, 0.29) is 5.41 Å². The zero-order valence-corrected chi connectivity index (χ0v) is 32.8. The van der Waals surface area contributed by atoms with Crippen molar-refractivity contribution in [2.75, 3.05) is 4.90 Å². The van der Waals surface area contributed by atoms with E-state index in [2.05, 4.69) is 199 Å². The maximum atomic E-state index is 2.50. The van der Waals surface area contributed by atoms with Crippen LogP contribution in [0.2, 0.25) is 0 Å². The van der Waals surface area contributed by atoms with Crippen LogP contribution in [-0.4, -0.2) is 4.57 Å². The Morgan fingerprint density at radius 2 is 1.11 bits per heavy atom. The third-order valence-electron chi connectivity index (χ3n) is 13.2. The number of anilines is 3. The Kier molecular flexibility index (Phi) is 7.96. The van der Waals surface area contributed by atoms with Crippen LogP contribution in [0.4, 0.5) is 17.1 Å². The SMILES string of the molecule is CC1(C)c2ccccc2-c2ccc(N(c3ccc(-c4cccc5ccccc45)cc3)c3ccc4c5ccc(C6CCCCC6)cc5n(-c5ccccc5)c4c3)cc21. The molecule has 0 aliphatic heterocycles. The van der Waals surface area contributed by atoms with Crippen LogP contribution in [0.5, 0.6) is 0 Å². The summed E-state index contributed by atoms with van der Waals surface area (Å²) in [7, 11) is 0. The van der Waals surface area contributed by atoms with E-state index < -0.39 is 0 Å². The summed E-state index contributed by atoms with van der Waals surface area (Å²) in [5.41, 5.74) is 16.4. The predicted molar refractivity (Wildman–Crippen MR) is 242 cm³/mol. The fraction of sp³-hybridized carbons (Fsp3) is 0.164. The molecule has 2 aliphatic rings. The van der Waals surface area contributed by atoms with Gasteiger partial charge in [-0.15, -0.1) is 0 Å². The lowest BCUT2D eigenvalue weighted by Gasteiger charge is -2.28. The first kappa shape index (κ1) is 33.9. The van der Waals surface area contributed by atoms with Crippen molar-refractivity contribution in [3.8, 4) is 27.9 Å². The number of hydrogen-bond donors (Lipinski definition) is 0. The molecule has 2 heteroatoms. The van der Waals surface area contributed by atoms with Gasteiger partial charge in [-0.2, -0.15) is 0 Å². The van der Waals surface area contributed by atoms with E-state index in [0.29, 0.717) is 5.92 Å². The lowest BCUT2D eigenvalue weighted by molar-refractivity contribution is 0.444. The summed E-state index contributed by atoms with van der Waals surface area (Å²) in [6.45, 7) is 4.74. The van der Waals surface area contributed by atoms with Crippen molar-refractivity contribution in [1.82, 2.24) is 4.57 Å². The molecule has 1 saturated carbocycles. The average Bonchev–Trinajstić information content (AvgIpc) is 3.71. The molecule has 0 radical (unpaired) electrons. The van der Waals surface area contributed by atoms with Gasteiger partial charge in [0.15, 0.2) is 0 Å². The topological polar surface area (TPSA) is 8.17 Å². The van der Waals surface area contributed by atoms with Crippen molar-refractivity contribution < 1.29 is 0 Å². The number of para-hydroxylation sites is 1. The van der Waals surface area contributed by atoms with Crippen molar-refractivity contribution in [2.24, 2.45) is 0 Å². The molecule has 2 nitrogen and oxygen atoms in total. The van der Waals surface area contributed by atoms with Crippen molar-refractivity contribution in [3.63, 3.8) is 0 Å². The minimum Gasteiger partial charge on any atom is -0.310 e. The first-order chi connectivity index (χ1) is 28.0. The lowest BCUT2D eigenvalue weighted by atomic mass is 9.82. The predicted octanol–water partition coefficient (Wildman–Crippen LogP) is 15.4. The van der Waals surface area contributed by atoms with Crippen LogP contribution < -0.4 is 4.90 Å². The highest BCUT2D eigenvalue weighted by Crippen LogP contribution is 2.51. The maximum absolute atomic E-state index is 2.50. The highest BCUT2D eigenvalue weighted by molar-refractivity contribution is 6.10. The lowest BCUT2D eigenvalue weighted by Crippen LogP contribution is -2.16. The van der Waals surface area contributed by atoms with E-state index in [1.54, 1.807) is 0 Å². The molecule has 0 atom stereocenters. The number of nitrogens with zero attached hydrogens (tertiary/aromatic N) is 2. The van der Waals surface area contributed by atoms with Gasteiger partial charge in [0.25, 0.3) is 0 Å². The van der Waals surface area contributed by atoms with E-state index in [1.807, 2.05) is 0 Å². The maximum Gasteiger partial charge on any atom is 0.0561 e. The average molecular weight is 735 g/mol. The molecule has 1 heterocycles. The molecule has 8 aromatic carbocycles. The molecule has 276 valence electrons. The van der Waals surface area contributed by atoms with Crippen LogP contribution in [-0.2, 0) is 5.41 Å². The van der Waals surface area contributed by atoms with Crippen LogP contribution in [0, 0.1) is 0 Å². The molecule has 0 saturated heterocycles. The fourth-order valence-corrected chi connectivity index (χ4v) is 10.3. The van der Waals surface area contributed by atoms with Crippen molar-refractivity contribution in [3.05, 3.63) is 193 Å². The normalized spacial score (nSPS) is 14.9. The highest BCUT2D eigenvalue weighted by atomic mass is 15.1. The standard InChI is InChI=1S/C55H46N2/c1-55(2)51-23-12-11-21-47(51)48-32-29-43(35-52(48)55)56(42-27-24-39(25-28-42)46-22-13-17-38-16-9-10-20-45(38)46)44-30-33-50-49-31-26-40(37-14-5-3-6-15-37)34-53(49)57(54(50)36-44)41-18-7-4-8-19-41/h4,7-13,16-37H,3,5-6,14-15H2,1-2H3. The van der Waals surface area contributed by atoms with Crippen LogP contribution in [0.3, 0.4) is 0 Å². The Morgan fingerprint density at radius 1 is 0.474 bits per heavy atom. The van der Waals surface area contributed by atoms with Gasteiger partial charge in [-0.05, 0) is 123 Å². The molecule has 0 bridgehead atoms. The summed E-state index contributed by atoms with van der Waals surface area (Å²) in [6, 6.07) is 65.9. The number of fused-ring (bicyclic) bond motifs is 7. The first-order valence-corrected chi connectivity index (χ1v) is 20.8. The number of aromatic nitrogens is 1. The Balaban J connectivity index is 1.11. The molecule has 0 N–H and O–H groups in total. The summed E-state index contributed by atoms with van der Waals surface area (Å²) in [4.78, 5) is 2.46. The van der Waals surface area contributed by atoms with Gasteiger partial charge in [0.1, 0.15) is 0 Å². The van der Waals surface area contributed by atoms with Gasteiger partial charge in [-0.1, -0.05) is 154 Å². The largest absolute Gasteiger partial charge is 0.310 e. The highest BCUT2D eigenvalue weighted by Gasteiger charge is 2.36. The molecule has 0 unspecified atom stereocenters. The molecule has 9 aromatic rings. The molecular formula is C55H46N2. The molecule has 11 rings (SSSR count). The molecule has 1 fully saturated rings. The number of hydrogen-bond acceptors (Lipinski definition) is 1. The van der Waals surface area contributed by atoms with Crippen molar-refractivity contribution in [1.29, 1.82) is 0 Å². The van der Waals surface area contributed by atoms with Gasteiger partial charge >= 0.3 is 0 Å². The molecule has 1 aromatic heterocycles. The molecule has 0 spiro atoms. The van der Waals surface area contributed by atoms with E-state index in [9.17, 15) is 0 Å². The smallest absolute Gasteiger partial charge is 0.0561 e. The molecule has 57 heavy (non-hydrogen) atoms. The van der Waals surface area contributed by atoms with Crippen LogP contribution in [0.25, 0.3) is 60.5 Å². The fourth-order valence-electron chi connectivity index (χ4n) is 10.3. The van der Waals surface area contributed by atoms with Gasteiger partial charge in [0.2, 0.25) is 0 Å². The van der Waals surface area contributed by atoms with Gasteiger partial charge in [0.05, 0.1) is 11.0 Å². The van der Waals surface area contributed by atoms with Crippen LogP contribution in [0.15, 0.2) is 176 Å². The van der Waals surface area contributed by atoms with Crippen LogP contribution in [0.1, 0.15) is 68.6 Å².